The normalized spacial score (nSPS) is 18.2. The van der Waals surface area contributed by atoms with Crippen molar-refractivity contribution in [2.24, 2.45) is 0 Å². The van der Waals surface area contributed by atoms with E-state index in [0.717, 1.165) is 16.7 Å². The summed E-state index contributed by atoms with van der Waals surface area (Å²) in [6.07, 6.45) is 0. The Hall–Kier alpha value is -1.09. The van der Waals surface area contributed by atoms with E-state index < -0.39 is 9.84 Å². The van der Waals surface area contributed by atoms with Gasteiger partial charge in [-0.3, -0.25) is 0 Å². The first kappa shape index (κ1) is 8.51. The van der Waals surface area contributed by atoms with Crippen LogP contribution in [0.25, 0.3) is 5.57 Å². The van der Waals surface area contributed by atoms with Crippen LogP contribution in [0.4, 0.5) is 0 Å². The van der Waals surface area contributed by atoms with Gasteiger partial charge in [-0.2, -0.15) is 0 Å². The van der Waals surface area contributed by atoms with Crippen LogP contribution in [0.15, 0.2) is 28.5 Å². The van der Waals surface area contributed by atoms with Gasteiger partial charge in [0.1, 0.15) is 0 Å². The van der Waals surface area contributed by atoms with E-state index in [1.54, 1.807) is 0 Å². The number of rotatable bonds is 0. The van der Waals surface area contributed by atoms with Crippen LogP contribution in [-0.2, 0) is 9.84 Å². The summed E-state index contributed by atoms with van der Waals surface area (Å²) >= 11 is 0. The highest BCUT2D eigenvalue weighted by Crippen LogP contribution is 2.34. The fourth-order valence-corrected chi connectivity index (χ4v) is 3.46. The molecule has 0 radical (unpaired) electrons. The first-order chi connectivity index (χ1) is 6.02. The topological polar surface area (TPSA) is 34.1 Å². The summed E-state index contributed by atoms with van der Waals surface area (Å²) in [5, 5.41) is 1.34. The average Bonchev–Trinajstić information content (AvgIpc) is 2.24. The van der Waals surface area contributed by atoms with Gasteiger partial charge in [0.2, 0.25) is 9.84 Å². The highest BCUT2D eigenvalue weighted by atomic mass is 32.2. The molecule has 0 atom stereocenters. The van der Waals surface area contributed by atoms with E-state index in [9.17, 15) is 8.42 Å². The molecule has 0 N–H and O–H groups in total. The summed E-state index contributed by atoms with van der Waals surface area (Å²) in [6, 6.07) is 5.55. The SMILES string of the molecule is CC1=CS(=O)(=O)c2c(C)cccc21. The molecule has 1 aliphatic heterocycles. The lowest BCUT2D eigenvalue weighted by atomic mass is 10.1. The Morgan fingerprint density at radius 3 is 2.46 bits per heavy atom. The van der Waals surface area contributed by atoms with Crippen LogP contribution < -0.4 is 0 Å². The fourth-order valence-electron chi connectivity index (χ4n) is 1.70. The second kappa shape index (κ2) is 2.45. The smallest absolute Gasteiger partial charge is 0.200 e. The fraction of sp³-hybridized carbons (Fsp3) is 0.200. The van der Waals surface area contributed by atoms with Gasteiger partial charge in [0.15, 0.2) is 0 Å². The zero-order valence-corrected chi connectivity index (χ0v) is 8.35. The molecule has 13 heavy (non-hydrogen) atoms. The monoisotopic (exact) mass is 194 g/mol. The van der Waals surface area contributed by atoms with Crippen LogP contribution in [0.3, 0.4) is 0 Å². The summed E-state index contributed by atoms with van der Waals surface area (Å²) in [5.41, 5.74) is 2.50. The van der Waals surface area contributed by atoms with Crippen LogP contribution in [-0.4, -0.2) is 8.42 Å². The molecule has 1 aromatic carbocycles. The van der Waals surface area contributed by atoms with Gasteiger partial charge in [-0.1, -0.05) is 18.2 Å². The van der Waals surface area contributed by atoms with Crippen LogP contribution >= 0.6 is 0 Å². The quantitative estimate of drug-likeness (QED) is 0.634. The maximum absolute atomic E-state index is 11.6. The molecule has 0 amide bonds. The molecule has 2 rings (SSSR count). The van der Waals surface area contributed by atoms with Gasteiger partial charge in [-0.25, -0.2) is 8.42 Å². The van der Waals surface area contributed by atoms with E-state index in [2.05, 4.69) is 0 Å². The van der Waals surface area contributed by atoms with Gasteiger partial charge in [0, 0.05) is 5.41 Å². The van der Waals surface area contributed by atoms with Crippen molar-refractivity contribution >= 4 is 15.4 Å². The van der Waals surface area contributed by atoms with Crippen LogP contribution in [0.5, 0.6) is 0 Å². The molecule has 0 spiro atoms. The number of sulfone groups is 1. The predicted molar refractivity (Wildman–Crippen MR) is 52.0 cm³/mol. The lowest BCUT2D eigenvalue weighted by Crippen LogP contribution is -1.96. The Labute approximate surface area is 77.8 Å². The van der Waals surface area contributed by atoms with Crippen molar-refractivity contribution in [3.8, 4) is 0 Å². The van der Waals surface area contributed by atoms with Gasteiger partial charge in [0.05, 0.1) is 4.90 Å². The summed E-state index contributed by atoms with van der Waals surface area (Å²) in [6.45, 7) is 3.64. The maximum atomic E-state index is 11.6. The first-order valence-corrected chi connectivity index (χ1v) is 5.60. The van der Waals surface area contributed by atoms with E-state index >= 15 is 0 Å². The van der Waals surface area contributed by atoms with Gasteiger partial charge in [-0.15, -0.1) is 0 Å². The van der Waals surface area contributed by atoms with Crippen molar-refractivity contribution < 1.29 is 8.42 Å². The Morgan fingerprint density at radius 1 is 1.15 bits per heavy atom. The molecule has 1 aromatic rings. The minimum atomic E-state index is -3.15. The van der Waals surface area contributed by atoms with Crippen molar-refractivity contribution in [3.63, 3.8) is 0 Å². The summed E-state index contributed by atoms with van der Waals surface area (Å²) in [5.74, 6) is 0. The number of fused-ring (bicyclic) bond motifs is 1. The third-order valence-corrected chi connectivity index (χ3v) is 4.03. The summed E-state index contributed by atoms with van der Waals surface area (Å²) < 4.78 is 23.2. The van der Waals surface area contributed by atoms with E-state index in [4.69, 9.17) is 0 Å². The molecular weight excluding hydrogens is 184 g/mol. The van der Waals surface area contributed by atoms with Gasteiger partial charge < -0.3 is 0 Å². The van der Waals surface area contributed by atoms with E-state index in [1.807, 2.05) is 32.0 Å². The number of allylic oxidation sites excluding steroid dienone is 1. The third-order valence-electron chi connectivity index (χ3n) is 2.25. The molecule has 0 saturated heterocycles. The molecule has 0 bridgehead atoms. The Kier molecular flexibility index (Phi) is 1.60. The molecule has 0 unspecified atom stereocenters. The maximum Gasteiger partial charge on any atom is 0.200 e. The van der Waals surface area contributed by atoms with Crippen molar-refractivity contribution in [1.29, 1.82) is 0 Å². The third kappa shape index (κ3) is 1.11. The predicted octanol–water partition coefficient (Wildman–Crippen LogP) is 2.14. The van der Waals surface area contributed by atoms with Crippen molar-refractivity contribution in [2.75, 3.05) is 0 Å². The van der Waals surface area contributed by atoms with E-state index in [-0.39, 0.29) is 0 Å². The largest absolute Gasteiger partial charge is 0.219 e. The molecule has 1 aliphatic rings. The molecule has 68 valence electrons. The molecule has 0 aliphatic carbocycles. The number of benzene rings is 1. The molecule has 3 heteroatoms. The zero-order valence-electron chi connectivity index (χ0n) is 7.53. The van der Waals surface area contributed by atoms with E-state index in [0.29, 0.717) is 4.90 Å². The molecular formula is C10H10O2S. The summed E-state index contributed by atoms with van der Waals surface area (Å²) in [4.78, 5) is 0.479. The first-order valence-electron chi connectivity index (χ1n) is 4.06. The second-order valence-corrected chi connectivity index (χ2v) is 5.03. The average molecular weight is 194 g/mol. The van der Waals surface area contributed by atoms with Crippen LogP contribution in [0.1, 0.15) is 18.1 Å². The minimum absolute atomic E-state index is 0.479. The highest BCUT2D eigenvalue weighted by molar-refractivity contribution is 7.95. The molecule has 0 fully saturated rings. The molecule has 1 heterocycles. The molecule has 0 saturated carbocycles. The zero-order chi connectivity index (χ0) is 9.64. The lowest BCUT2D eigenvalue weighted by molar-refractivity contribution is 0.605. The van der Waals surface area contributed by atoms with Crippen molar-refractivity contribution in [1.82, 2.24) is 0 Å². The van der Waals surface area contributed by atoms with Crippen molar-refractivity contribution in [3.05, 3.63) is 34.7 Å². The standard InChI is InChI=1S/C10H10O2S/c1-7-4-3-5-9-8(2)6-13(11,12)10(7)9/h3-6H,1-2H3. The van der Waals surface area contributed by atoms with Gasteiger partial charge >= 0.3 is 0 Å². The van der Waals surface area contributed by atoms with Crippen molar-refractivity contribution in [2.45, 2.75) is 18.7 Å². The molecule has 2 nitrogen and oxygen atoms in total. The van der Waals surface area contributed by atoms with Crippen LogP contribution in [0.2, 0.25) is 0 Å². The molecule has 0 aromatic heterocycles. The van der Waals surface area contributed by atoms with Gasteiger partial charge in [0.25, 0.3) is 0 Å². The lowest BCUT2D eigenvalue weighted by Gasteiger charge is -2.02. The summed E-state index contributed by atoms with van der Waals surface area (Å²) in [7, 11) is -3.15. The highest BCUT2D eigenvalue weighted by Gasteiger charge is 2.25. The van der Waals surface area contributed by atoms with E-state index in [1.165, 1.54) is 5.41 Å². The minimum Gasteiger partial charge on any atom is -0.219 e. The number of aryl methyl sites for hydroxylation is 1. The number of hydrogen-bond acceptors (Lipinski definition) is 2. The number of hydrogen-bond donors (Lipinski definition) is 0. The van der Waals surface area contributed by atoms with Crippen LogP contribution in [0, 0.1) is 6.92 Å². The van der Waals surface area contributed by atoms with Gasteiger partial charge in [-0.05, 0) is 30.5 Å². The Bertz CT molecular complexity index is 496. The Balaban J connectivity index is 2.90. The second-order valence-electron chi connectivity index (χ2n) is 3.30. The Morgan fingerprint density at radius 2 is 1.85 bits per heavy atom.